The third-order valence-corrected chi connectivity index (χ3v) is 13.0. The number of fused-ring (bicyclic) bond motifs is 2. The highest BCUT2D eigenvalue weighted by atomic mass is 32.2. The first-order valence-corrected chi connectivity index (χ1v) is 18.4. The van der Waals surface area contributed by atoms with Crippen LogP contribution >= 0.6 is 0 Å². The molecule has 12 nitrogen and oxygen atoms in total. The van der Waals surface area contributed by atoms with Crippen molar-refractivity contribution in [2.75, 3.05) is 0 Å². The monoisotopic (exact) mass is 712 g/mol. The van der Waals surface area contributed by atoms with Gasteiger partial charge in [0, 0.05) is 24.0 Å². The number of nitrogens with zero attached hydrogens (tertiary/aromatic N) is 2. The first-order chi connectivity index (χ1) is 23.4. The molecule has 8 N–H and O–H groups in total. The highest BCUT2D eigenvalue weighted by molar-refractivity contribution is 7.87. The lowest BCUT2D eigenvalue weighted by Crippen LogP contribution is -2.46. The van der Waals surface area contributed by atoms with Crippen LogP contribution in [0.25, 0.3) is 11.1 Å². The van der Waals surface area contributed by atoms with Gasteiger partial charge in [0.15, 0.2) is 9.49 Å². The fraction of sp³-hybridized carbons (Fsp3) is 0.222. The molecular formula is C36H36N6O6S2. The molecule has 0 spiro atoms. The number of nitrogens with two attached hydrogens (primary N) is 2. The Labute approximate surface area is 290 Å². The number of hydrazone groups is 2. The summed E-state index contributed by atoms with van der Waals surface area (Å²) in [6.07, 6.45) is -0.701. The van der Waals surface area contributed by atoms with E-state index in [2.05, 4.69) is 10.2 Å². The van der Waals surface area contributed by atoms with E-state index in [0.29, 0.717) is 55.6 Å². The molecule has 0 bridgehead atoms. The van der Waals surface area contributed by atoms with Gasteiger partial charge in [-0.05, 0) is 83.3 Å². The molecule has 2 atom stereocenters. The maximum absolute atomic E-state index is 13.5. The minimum Gasteiger partial charge on any atom is -0.323 e. The van der Waals surface area contributed by atoms with Gasteiger partial charge in [0.2, 0.25) is 0 Å². The Balaban J connectivity index is 1.58. The zero-order valence-corrected chi connectivity index (χ0v) is 29.4. The van der Waals surface area contributed by atoms with Crippen molar-refractivity contribution in [3.63, 3.8) is 0 Å². The highest BCUT2D eigenvalue weighted by Gasteiger charge is 2.55. The van der Waals surface area contributed by atoms with Crippen LogP contribution in [0.5, 0.6) is 0 Å². The van der Waals surface area contributed by atoms with Gasteiger partial charge in [-0.3, -0.25) is 19.9 Å². The van der Waals surface area contributed by atoms with Gasteiger partial charge in [0.25, 0.3) is 20.2 Å². The Morgan fingerprint density at radius 2 is 0.900 bits per heavy atom. The lowest BCUT2D eigenvalue weighted by molar-refractivity contribution is 0.444. The zero-order chi connectivity index (χ0) is 36.6. The second-order valence-electron chi connectivity index (χ2n) is 12.9. The summed E-state index contributed by atoms with van der Waals surface area (Å²) in [4.78, 5) is 0. The molecule has 0 saturated heterocycles. The van der Waals surface area contributed by atoms with Gasteiger partial charge in [0.05, 0.1) is 22.8 Å². The summed E-state index contributed by atoms with van der Waals surface area (Å²) >= 11 is 0. The van der Waals surface area contributed by atoms with Gasteiger partial charge in [-0.1, -0.05) is 72.8 Å². The lowest BCUT2D eigenvalue weighted by Gasteiger charge is -2.39. The quantitative estimate of drug-likeness (QED) is 0.0931. The summed E-state index contributed by atoms with van der Waals surface area (Å²) in [5.41, 5.74) is 5.26. The number of hydrogen-bond donors (Lipinski definition) is 6. The second-order valence-corrected chi connectivity index (χ2v) is 16.2. The fourth-order valence-corrected chi connectivity index (χ4v) is 10.9. The van der Waals surface area contributed by atoms with Crippen LogP contribution in [0.3, 0.4) is 0 Å². The number of rotatable bonds is 5. The smallest absolute Gasteiger partial charge is 0.279 e. The molecule has 2 unspecified atom stereocenters. The molecular weight excluding hydrogens is 677 g/mol. The summed E-state index contributed by atoms with van der Waals surface area (Å²) in [5, 5.41) is 24.7. The van der Waals surface area contributed by atoms with Crippen LogP contribution in [0.1, 0.15) is 68.5 Å². The zero-order valence-electron chi connectivity index (χ0n) is 27.7. The first-order valence-electron chi connectivity index (χ1n) is 15.5. The standard InChI is InChI=1S/C36H36N6O6S2/c1-19-13-23(14-20(2)31(19)35(49(43,44)45)17-29(41-39)33(37)25-9-5-7-11-27(25)35)24-15-21(3)32(22(4)16-24)36(50(46,47)48)18-30(42-40)34(38)26-10-6-8-12-28(26)36/h5-16,37-38H,17-18,39-40H2,1-4H3,(H,43,44,45)(H,46,47,48)/b37-33?,38-34?,41-29-,42-30+. The van der Waals surface area contributed by atoms with Gasteiger partial charge in [-0.15, -0.1) is 0 Å². The SMILES string of the molecule is Cc1cc(-c2cc(C)c(C3(S(=O)(=O)O)C/C(=N\N)C(=N)c4ccccc43)c(C)c2)cc(C)c1C1(S(=O)(=O)O)C/C(=N/N)C(=N)c2ccccc21. The van der Waals surface area contributed by atoms with E-state index in [9.17, 15) is 25.9 Å². The summed E-state index contributed by atoms with van der Waals surface area (Å²) in [6, 6.07) is 20.2. The van der Waals surface area contributed by atoms with Gasteiger partial charge in [0.1, 0.15) is 0 Å². The minimum atomic E-state index is -4.88. The Hall–Kier alpha value is -5.02. The Bertz CT molecular complexity index is 2240. The molecule has 4 aromatic carbocycles. The van der Waals surface area contributed by atoms with Crippen LogP contribution in [0.4, 0.5) is 0 Å². The first kappa shape index (κ1) is 34.8. The van der Waals surface area contributed by atoms with Crippen molar-refractivity contribution in [2.45, 2.75) is 50.0 Å². The second kappa shape index (κ2) is 11.8. The molecule has 4 aromatic rings. The molecule has 0 aliphatic heterocycles. The molecule has 0 radical (unpaired) electrons. The van der Waals surface area contributed by atoms with Crippen molar-refractivity contribution in [1.82, 2.24) is 0 Å². The summed E-state index contributed by atoms with van der Waals surface area (Å²) in [6.45, 7) is 6.96. The van der Waals surface area contributed by atoms with Gasteiger partial charge < -0.3 is 11.7 Å². The molecule has 6 rings (SSSR count). The number of aryl methyl sites for hydroxylation is 4. The van der Waals surface area contributed by atoms with Crippen molar-refractivity contribution in [2.24, 2.45) is 21.9 Å². The van der Waals surface area contributed by atoms with Gasteiger partial charge in [-0.2, -0.15) is 27.0 Å². The maximum Gasteiger partial charge on any atom is 0.279 e. The molecule has 0 aromatic heterocycles. The summed E-state index contributed by atoms with van der Waals surface area (Å²) in [5.74, 6) is 11.3. The Morgan fingerprint density at radius 3 is 1.18 bits per heavy atom. The van der Waals surface area contributed by atoms with E-state index in [0.717, 1.165) is 0 Å². The largest absolute Gasteiger partial charge is 0.323 e. The van der Waals surface area contributed by atoms with Crippen molar-refractivity contribution >= 4 is 43.1 Å². The number of nitrogens with one attached hydrogen (secondary N) is 2. The molecule has 14 heteroatoms. The fourth-order valence-electron chi connectivity index (χ4n) is 8.18. The van der Waals surface area contributed by atoms with E-state index in [4.69, 9.17) is 22.5 Å². The van der Waals surface area contributed by atoms with Crippen LogP contribution in [0.2, 0.25) is 0 Å². The van der Waals surface area contributed by atoms with Crippen molar-refractivity contribution in [1.29, 1.82) is 10.8 Å². The van der Waals surface area contributed by atoms with Crippen LogP contribution in [-0.2, 0) is 29.7 Å². The molecule has 0 saturated carbocycles. The normalized spacial score (nSPS) is 22.4. The molecule has 2 aliphatic carbocycles. The van der Waals surface area contributed by atoms with Crippen molar-refractivity contribution in [3.8, 4) is 11.1 Å². The van der Waals surface area contributed by atoms with Crippen molar-refractivity contribution in [3.05, 3.63) is 128 Å². The molecule has 2 aliphatic rings. The van der Waals surface area contributed by atoms with Crippen LogP contribution in [0.15, 0.2) is 83.0 Å². The molecule has 258 valence electrons. The van der Waals surface area contributed by atoms with E-state index in [-0.39, 0.29) is 46.8 Å². The average Bonchev–Trinajstić information content (AvgIpc) is 3.05. The highest BCUT2D eigenvalue weighted by Crippen LogP contribution is 2.51. The maximum atomic E-state index is 13.5. The van der Waals surface area contributed by atoms with Gasteiger partial charge >= 0.3 is 0 Å². The lowest BCUT2D eigenvalue weighted by atomic mass is 9.72. The Kier molecular flexibility index (Phi) is 8.22. The number of hydrogen-bond acceptors (Lipinski definition) is 10. The van der Waals surface area contributed by atoms with Crippen LogP contribution in [0, 0.1) is 38.5 Å². The van der Waals surface area contributed by atoms with E-state index in [1.54, 1.807) is 100 Å². The molecule has 0 fully saturated rings. The van der Waals surface area contributed by atoms with E-state index in [1.165, 1.54) is 0 Å². The Morgan fingerprint density at radius 1 is 0.600 bits per heavy atom. The third kappa shape index (κ3) is 4.85. The van der Waals surface area contributed by atoms with E-state index >= 15 is 0 Å². The molecule has 0 heterocycles. The minimum absolute atomic E-state index is 0.0229. The number of benzene rings is 4. The van der Waals surface area contributed by atoms with E-state index < -0.39 is 29.7 Å². The predicted molar refractivity (Wildman–Crippen MR) is 195 cm³/mol. The third-order valence-electron chi connectivity index (χ3n) is 10.1. The van der Waals surface area contributed by atoms with Crippen molar-refractivity contribution < 1.29 is 25.9 Å². The summed E-state index contributed by atoms with van der Waals surface area (Å²) in [7, 11) is -9.76. The molecule has 50 heavy (non-hydrogen) atoms. The average molecular weight is 713 g/mol. The molecule has 0 amide bonds. The van der Waals surface area contributed by atoms with Gasteiger partial charge in [-0.25, -0.2) is 0 Å². The van der Waals surface area contributed by atoms with E-state index in [1.807, 2.05) is 0 Å². The summed E-state index contributed by atoms with van der Waals surface area (Å²) < 4.78 is 72.1. The van der Waals surface area contributed by atoms with Crippen LogP contribution < -0.4 is 11.7 Å². The predicted octanol–water partition coefficient (Wildman–Crippen LogP) is 5.02. The topological polar surface area (TPSA) is 233 Å². The van der Waals surface area contributed by atoms with Crippen LogP contribution in [-0.4, -0.2) is 48.8 Å².